The Bertz CT molecular complexity index is 400. The molecule has 2 rings (SSSR count). The van der Waals surface area contributed by atoms with E-state index < -0.39 is 5.97 Å². The number of aromatic nitrogens is 2. The maximum absolute atomic E-state index is 11.8. The highest BCUT2D eigenvalue weighted by Crippen LogP contribution is 2.18. The van der Waals surface area contributed by atoms with Gasteiger partial charge in [-0.25, -0.2) is 4.79 Å². The first-order valence-corrected chi connectivity index (χ1v) is 6.00. The molecule has 92 valence electrons. The number of anilines is 1. The van der Waals surface area contributed by atoms with Gasteiger partial charge in [-0.1, -0.05) is 4.49 Å². The predicted molar refractivity (Wildman–Crippen MR) is 60.9 cm³/mol. The molecular weight excluding hydrogens is 244 g/mol. The minimum atomic E-state index is -0.781. The second-order valence-corrected chi connectivity index (χ2v) is 4.60. The van der Waals surface area contributed by atoms with Crippen LogP contribution in [0.3, 0.4) is 0 Å². The summed E-state index contributed by atoms with van der Waals surface area (Å²) in [7, 11) is 0. The summed E-state index contributed by atoms with van der Waals surface area (Å²) in [6, 6.07) is -0.222. The lowest BCUT2D eigenvalue weighted by Gasteiger charge is -2.29. The Balaban J connectivity index is 1.84. The minimum absolute atomic E-state index is 0.222. The van der Waals surface area contributed by atoms with Crippen LogP contribution in [0.5, 0.6) is 0 Å². The highest BCUT2D eigenvalue weighted by molar-refractivity contribution is 7.10. The number of carboxylic acid groups (broad SMARTS) is 1. The molecule has 1 fully saturated rings. The van der Waals surface area contributed by atoms with Gasteiger partial charge in [-0.2, -0.15) is 0 Å². The number of hydrogen-bond acceptors (Lipinski definition) is 5. The number of amides is 2. The SMILES string of the molecule is O=C(O)C1CCN(C(=O)Nc2cnns2)CC1. The lowest BCUT2D eigenvalue weighted by Crippen LogP contribution is -2.42. The van der Waals surface area contributed by atoms with E-state index in [-0.39, 0.29) is 11.9 Å². The van der Waals surface area contributed by atoms with Gasteiger partial charge in [0.2, 0.25) is 0 Å². The number of piperidine rings is 1. The van der Waals surface area contributed by atoms with E-state index in [0.717, 1.165) is 11.5 Å². The van der Waals surface area contributed by atoms with Crippen molar-refractivity contribution in [3.05, 3.63) is 6.20 Å². The maximum Gasteiger partial charge on any atom is 0.322 e. The molecule has 7 nitrogen and oxygen atoms in total. The van der Waals surface area contributed by atoms with E-state index in [9.17, 15) is 9.59 Å². The molecule has 1 aliphatic heterocycles. The fourth-order valence-electron chi connectivity index (χ4n) is 1.74. The van der Waals surface area contributed by atoms with E-state index in [1.165, 1.54) is 6.20 Å². The number of nitrogens with one attached hydrogen (secondary N) is 1. The predicted octanol–water partition coefficient (Wildman–Crippen LogP) is 0.867. The number of aliphatic carboxylic acids is 1. The van der Waals surface area contributed by atoms with Crippen LogP contribution >= 0.6 is 11.5 Å². The maximum atomic E-state index is 11.8. The number of carbonyl (C=O) groups excluding carboxylic acids is 1. The van der Waals surface area contributed by atoms with Gasteiger partial charge in [0.1, 0.15) is 5.00 Å². The average Bonchev–Trinajstić information content (AvgIpc) is 2.82. The van der Waals surface area contributed by atoms with Crippen LogP contribution in [0.1, 0.15) is 12.8 Å². The summed E-state index contributed by atoms with van der Waals surface area (Å²) in [5, 5.41) is 15.7. The van der Waals surface area contributed by atoms with E-state index in [4.69, 9.17) is 5.11 Å². The third-order valence-electron chi connectivity index (χ3n) is 2.72. The van der Waals surface area contributed by atoms with Gasteiger partial charge in [0.05, 0.1) is 12.1 Å². The molecule has 2 heterocycles. The van der Waals surface area contributed by atoms with Gasteiger partial charge < -0.3 is 10.0 Å². The molecule has 0 aliphatic carbocycles. The van der Waals surface area contributed by atoms with Crippen molar-refractivity contribution in [3.63, 3.8) is 0 Å². The molecule has 0 radical (unpaired) electrons. The molecule has 2 amide bonds. The van der Waals surface area contributed by atoms with Crippen LogP contribution < -0.4 is 5.32 Å². The number of hydrogen-bond donors (Lipinski definition) is 2. The van der Waals surface area contributed by atoms with Crippen LogP contribution in [-0.2, 0) is 4.79 Å². The molecule has 1 aromatic heterocycles. The van der Waals surface area contributed by atoms with E-state index in [2.05, 4.69) is 14.9 Å². The monoisotopic (exact) mass is 256 g/mol. The second-order valence-electron chi connectivity index (χ2n) is 3.81. The van der Waals surface area contributed by atoms with Gasteiger partial charge in [0.25, 0.3) is 0 Å². The Morgan fingerprint density at radius 3 is 2.71 bits per heavy atom. The fourth-order valence-corrected chi connectivity index (χ4v) is 2.15. The summed E-state index contributed by atoms with van der Waals surface area (Å²) in [5.74, 6) is -1.11. The smallest absolute Gasteiger partial charge is 0.322 e. The normalized spacial score (nSPS) is 16.8. The highest BCUT2D eigenvalue weighted by Gasteiger charge is 2.27. The lowest BCUT2D eigenvalue weighted by molar-refractivity contribution is -0.143. The molecule has 8 heteroatoms. The van der Waals surface area contributed by atoms with Crippen molar-refractivity contribution in [2.75, 3.05) is 18.4 Å². The largest absolute Gasteiger partial charge is 0.481 e. The molecule has 0 atom stereocenters. The molecular formula is C9H12N4O3S. The molecule has 1 aliphatic rings. The Kier molecular flexibility index (Phi) is 3.52. The lowest BCUT2D eigenvalue weighted by atomic mass is 9.97. The van der Waals surface area contributed by atoms with Crippen molar-refractivity contribution in [2.24, 2.45) is 5.92 Å². The molecule has 0 spiro atoms. The zero-order valence-corrected chi connectivity index (χ0v) is 9.81. The Morgan fingerprint density at radius 2 is 2.18 bits per heavy atom. The quantitative estimate of drug-likeness (QED) is 0.818. The molecule has 0 aromatic carbocycles. The molecule has 1 aromatic rings. The summed E-state index contributed by atoms with van der Waals surface area (Å²) in [5.41, 5.74) is 0. The van der Waals surface area contributed by atoms with Crippen LogP contribution in [-0.4, -0.2) is 44.7 Å². The van der Waals surface area contributed by atoms with Gasteiger partial charge in [0.15, 0.2) is 0 Å². The van der Waals surface area contributed by atoms with E-state index in [0.29, 0.717) is 30.9 Å². The molecule has 0 unspecified atom stereocenters. The van der Waals surface area contributed by atoms with Gasteiger partial charge in [-0.15, -0.1) is 5.10 Å². The average molecular weight is 256 g/mol. The van der Waals surface area contributed by atoms with Gasteiger partial charge in [-0.05, 0) is 12.8 Å². The standard InChI is InChI=1S/C9H12N4O3S/c14-8(15)6-1-3-13(4-2-6)9(16)11-7-5-10-12-17-7/h5-6H,1-4H2,(H,11,16)(H,14,15). The number of likely N-dealkylation sites (tertiary alicyclic amines) is 1. The summed E-state index contributed by atoms with van der Waals surface area (Å²) >= 11 is 1.11. The molecule has 0 bridgehead atoms. The number of carbonyl (C=O) groups is 2. The Morgan fingerprint density at radius 1 is 1.47 bits per heavy atom. The first kappa shape index (κ1) is 11.8. The van der Waals surface area contributed by atoms with Crippen LogP contribution in [0.25, 0.3) is 0 Å². The van der Waals surface area contributed by atoms with E-state index >= 15 is 0 Å². The number of nitrogens with zero attached hydrogens (tertiary/aromatic N) is 3. The van der Waals surface area contributed by atoms with Crippen molar-refractivity contribution < 1.29 is 14.7 Å². The molecule has 1 saturated heterocycles. The number of rotatable bonds is 2. The van der Waals surface area contributed by atoms with Crippen molar-refractivity contribution in [1.82, 2.24) is 14.5 Å². The summed E-state index contributed by atoms with van der Waals surface area (Å²) in [4.78, 5) is 24.1. The van der Waals surface area contributed by atoms with Gasteiger partial charge in [0, 0.05) is 24.6 Å². The zero-order valence-electron chi connectivity index (χ0n) is 9.00. The van der Waals surface area contributed by atoms with Crippen molar-refractivity contribution >= 4 is 28.5 Å². The molecule has 0 saturated carbocycles. The van der Waals surface area contributed by atoms with Crippen molar-refractivity contribution in [3.8, 4) is 0 Å². The topological polar surface area (TPSA) is 95.4 Å². The fraction of sp³-hybridized carbons (Fsp3) is 0.556. The highest BCUT2D eigenvalue weighted by atomic mass is 32.1. The summed E-state index contributed by atoms with van der Waals surface area (Å²) in [6.07, 6.45) is 2.49. The Labute approximate surface area is 102 Å². The van der Waals surface area contributed by atoms with Crippen molar-refractivity contribution in [2.45, 2.75) is 12.8 Å². The van der Waals surface area contributed by atoms with Gasteiger partial charge >= 0.3 is 12.0 Å². The van der Waals surface area contributed by atoms with Crippen LogP contribution in [0.4, 0.5) is 9.80 Å². The first-order valence-electron chi connectivity index (χ1n) is 5.23. The number of urea groups is 1. The first-order chi connectivity index (χ1) is 8.16. The molecule has 17 heavy (non-hydrogen) atoms. The third-order valence-corrected chi connectivity index (χ3v) is 3.30. The van der Waals surface area contributed by atoms with E-state index in [1.54, 1.807) is 4.90 Å². The van der Waals surface area contributed by atoms with Crippen molar-refractivity contribution in [1.29, 1.82) is 0 Å². The van der Waals surface area contributed by atoms with Crippen LogP contribution in [0, 0.1) is 5.92 Å². The summed E-state index contributed by atoms with van der Waals surface area (Å²) < 4.78 is 3.64. The second kappa shape index (κ2) is 5.09. The third kappa shape index (κ3) is 2.90. The van der Waals surface area contributed by atoms with E-state index in [1.807, 2.05) is 0 Å². The summed E-state index contributed by atoms with van der Waals surface area (Å²) in [6.45, 7) is 0.935. The molecule has 2 N–H and O–H groups in total. The number of carboxylic acids is 1. The Hall–Kier alpha value is -1.70. The zero-order chi connectivity index (χ0) is 12.3. The van der Waals surface area contributed by atoms with Crippen LogP contribution in [0.15, 0.2) is 6.20 Å². The minimum Gasteiger partial charge on any atom is -0.481 e. The van der Waals surface area contributed by atoms with Gasteiger partial charge in [-0.3, -0.25) is 10.1 Å². The van der Waals surface area contributed by atoms with Crippen LogP contribution in [0.2, 0.25) is 0 Å².